The van der Waals surface area contributed by atoms with Gasteiger partial charge >= 0.3 is 0 Å². The molecule has 0 unspecified atom stereocenters. The Morgan fingerprint density at radius 2 is 2.47 bits per heavy atom. The number of rotatable bonds is 4. The van der Waals surface area contributed by atoms with Crippen LogP contribution in [0.1, 0.15) is 13.8 Å². The highest BCUT2D eigenvalue weighted by molar-refractivity contribution is 8.01. The minimum atomic E-state index is -0.461. The Morgan fingerprint density at radius 3 is 3.11 bits per heavy atom. The molecular weight excluding hydrogens is 266 g/mol. The monoisotopic (exact) mass is 283 g/mol. The van der Waals surface area contributed by atoms with Gasteiger partial charge in [-0.1, -0.05) is 5.21 Å². The average molecular weight is 283 g/mol. The van der Waals surface area contributed by atoms with E-state index in [2.05, 4.69) is 20.9 Å². The van der Waals surface area contributed by atoms with Gasteiger partial charge in [-0.05, 0) is 13.8 Å². The van der Waals surface area contributed by atoms with E-state index in [1.165, 1.54) is 11.8 Å². The predicted octanol–water partition coefficient (Wildman–Crippen LogP) is -0.595. The summed E-state index contributed by atoms with van der Waals surface area (Å²) in [7, 11) is 0. The van der Waals surface area contributed by atoms with Crippen LogP contribution in [-0.2, 0) is 16.1 Å². The van der Waals surface area contributed by atoms with Crippen molar-refractivity contribution in [2.45, 2.75) is 31.2 Å². The molecular formula is C11H17N5O2S. The van der Waals surface area contributed by atoms with Gasteiger partial charge < -0.3 is 10.6 Å². The molecule has 0 aliphatic carbocycles. The first-order valence-electron chi connectivity index (χ1n) is 6.06. The Balaban J connectivity index is 1.76. The summed E-state index contributed by atoms with van der Waals surface area (Å²) in [5.41, 5.74) is 0. The van der Waals surface area contributed by atoms with Gasteiger partial charge in [-0.3, -0.25) is 14.3 Å². The molecule has 2 rings (SSSR count). The average Bonchev–Trinajstić information content (AvgIpc) is 2.85. The van der Waals surface area contributed by atoms with Crippen LogP contribution in [0.2, 0.25) is 0 Å². The van der Waals surface area contributed by atoms with Gasteiger partial charge in [-0.25, -0.2) is 0 Å². The maximum atomic E-state index is 11.9. The summed E-state index contributed by atoms with van der Waals surface area (Å²) >= 11 is 1.50. The third kappa shape index (κ3) is 3.46. The van der Waals surface area contributed by atoms with E-state index >= 15 is 0 Å². The lowest BCUT2D eigenvalue weighted by Crippen LogP contribution is -2.57. The van der Waals surface area contributed by atoms with Crippen LogP contribution in [-0.4, -0.2) is 49.9 Å². The molecule has 1 aromatic rings. The molecule has 0 aromatic carbocycles. The lowest BCUT2D eigenvalue weighted by atomic mass is 10.1. The zero-order valence-corrected chi connectivity index (χ0v) is 11.7. The van der Waals surface area contributed by atoms with Crippen molar-refractivity contribution in [1.29, 1.82) is 0 Å². The smallest absolute Gasteiger partial charge is 0.243 e. The Morgan fingerprint density at radius 1 is 1.68 bits per heavy atom. The lowest BCUT2D eigenvalue weighted by molar-refractivity contribution is -0.129. The number of nitrogens with one attached hydrogen (secondary N) is 2. The fourth-order valence-corrected chi connectivity index (χ4v) is 2.65. The topological polar surface area (TPSA) is 88.9 Å². The van der Waals surface area contributed by atoms with E-state index in [1.807, 2.05) is 13.8 Å². The second kappa shape index (κ2) is 5.60. The van der Waals surface area contributed by atoms with Crippen LogP contribution < -0.4 is 10.6 Å². The fourth-order valence-electron chi connectivity index (χ4n) is 1.64. The van der Waals surface area contributed by atoms with Crippen molar-refractivity contribution in [2.24, 2.45) is 0 Å². The fraction of sp³-hybridized carbons (Fsp3) is 0.636. The zero-order chi connectivity index (χ0) is 13.9. The predicted molar refractivity (Wildman–Crippen MR) is 71.5 cm³/mol. The third-order valence-corrected chi connectivity index (χ3v) is 4.30. The molecule has 0 saturated carbocycles. The van der Waals surface area contributed by atoms with E-state index in [0.29, 0.717) is 18.8 Å². The molecule has 1 saturated heterocycles. The Bertz CT molecular complexity index is 460. The molecule has 2 amide bonds. The van der Waals surface area contributed by atoms with Crippen LogP contribution in [0.3, 0.4) is 0 Å². The number of carbonyl (C=O) groups is 2. The highest BCUT2D eigenvalue weighted by Gasteiger charge is 2.37. The van der Waals surface area contributed by atoms with Crippen LogP contribution in [0, 0.1) is 0 Å². The molecule has 0 bridgehead atoms. The normalized spacial score (nSPS) is 21.8. The molecule has 1 aliphatic heterocycles. The molecule has 1 fully saturated rings. The Hall–Kier alpha value is -1.57. The van der Waals surface area contributed by atoms with Gasteiger partial charge in [0.05, 0.1) is 17.5 Å². The zero-order valence-electron chi connectivity index (χ0n) is 10.9. The van der Waals surface area contributed by atoms with E-state index in [-0.39, 0.29) is 11.8 Å². The first kappa shape index (κ1) is 13.9. The maximum absolute atomic E-state index is 11.9. The number of hydrogen-bond donors (Lipinski definition) is 2. The van der Waals surface area contributed by atoms with E-state index in [4.69, 9.17) is 0 Å². The van der Waals surface area contributed by atoms with Gasteiger partial charge in [-0.15, -0.1) is 16.9 Å². The van der Waals surface area contributed by atoms with Crippen LogP contribution in [0.5, 0.6) is 0 Å². The summed E-state index contributed by atoms with van der Waals surface area (Å²) in [6.07, 6.45) is 3.31. The number of hydrogen-bond acceptors (Lipinski definition) is 5. The van der Waals surface area contributed by atoms with E-state index < -0.39 is 10.8 Å². The Labute approximate surface area is 115 Å². The van der Waals surface area contributed by atoms with Gasteiger partial charge in [0.15, 0.2) is 0 Å². The summed E-state index contributed by atoms with van der Waals surface area (Å²) in [4.78, 5) is 23.7. The minimum absolute atomic E-state index is 0.0971. The van der Waals surface area contributed by atoms with Gasteiger partial charge in [0.1, 0.15) is 6.04 Å². The summed E-state index contributed by atoms with van der Waals surface area (Å²) in [5.74, 6) is 0.338. The maximum Gasteiger partial charge on any atom is 0.243 e. The number of carbonyl (C=O) groups excluding carboxylic acids is 2. The van der Waals surface area contributed by atoms with E-state index in [0.717, 1.165) is 0 Å². The third-order valence-electron chi connectivity index (χ3n) is 2.89. The summed E-state index contributed by atoms with van der Waals surface area (Å²) in [6, 6.07) is -0.457. The molecule has 1 atom stereocenters. The van der Waals surface area contributed by atoms with Crippen LogP contribution in [0.15, 0.2) is 12.4 Å². The highest BCUT2D eigenvalue weighted by atomic mass is 32.2. The van der Waals surface area contributed by atoms with Gasteiger partial charge in [0.2, 0.25) is 11.8 Å². The molecule has 104 valence electrons. The highest BCUT2D eigenvalue weighted by Crippen LogP contribution is 2.28. The summed E-state index contributed by atoms with van der Waals surface area (Å²) in [6.45, 7) is 4.73. The molecule has 8 heteroatoms. The van der Waals surface area contributed by atoms with Crippen LogP contribution in [0.4, 0.5) is 0 Å². The van der Waals surface area contributed by atoms with Gasteiger partial charge in [0.25, 0.3) is 0 Å². The standard InChI is InChI=1S/C11H17N5O2S/c1-11(2)10(18)14-8(7-19-11)9(17)12-3-5-16-6-4-13-15-16/h4,6,8H,3,5,7H2,1-2H3,(H,12,17)(H,14,18)/t8-/m1/s1. The molecule has 0 radical (unpaired) electrons. The second-order valence-electron chi connectivity index (χ2n) is 4.80. The van der Waals surface area contributed by atoms with Crippen molar-refractivity contribution in [1.82, 2.24) is 25.6 Å². The lowest BCUT2D eigenvalue weighted by Gasteiger charge is -2.32. The van der Waals surface area contributed by atoms with Crippen molar-refractivity contribution in [2.75, 3.05) is 12.3 Å². The molecule has 0 spiro atoms. The summed E-state index contributed by atoms with van der Waals surface area (Å²) < 4.78 is 1.18. The number of amides is 2. The van der Waals surface area contributed by atoms with Crippen LogP contribution >= 0.6 is 11.8 Å². The summed E-state index contributed by atoms with van der Waals surface area (Å²) in [5, 5.41) is 13.0. The second-order valence-corrected chi connectivity index (χ2v) is 6.45. The molecule has 1 aliphatic rings. The van der Waals surface area contributed by atoms with Gasteiger partial charge in [0, 0.05) is 18.5 Å². The Kier molecular flexibility index (Phi) is 4.08. The van der Waals surface area contributed by atoms with Gasteiger partial charge in [-0.2, -0.15) is 0 Å². The molecule has 7 nitrogen and oxygen atoms in total. The van der Waals surface area contributed by atoms with Crippen molar-refractivity contribution >= 4 is 23.6 Å². The molecule has 2 heterocycles. The largest absolute Gasteiger partial charge is 0.352 e. The van der Waals surface area contributed by atoms with Crippen molar-refractivity contribution < 1.29 is 9.59 Å². The first-order valence-corrected chi connectivity index (χ1v) is 7.04. The quantitative estimate of drug-likeness (QED) is 0.770. The number of thioether (sulfide) groups is 1. The van der Waals surface area contributed by atoms with Crippen molar-refractivity contribution in [3.05, 3.63) is 12.4 Å². The number of nitrogens with zero attached hydrogens (tertiary/aromatic N) is 3. The SMILES string of the molecule is CC1(C)SC[C@H](C(=O)NCCn2ccnn2)NC1=O. The van der Waals surface area contributed by atoms with E-state index in [1.54, 1.807) is 17.1 Å². The van der Waals surface area contributed by atoms with Crippen LogP contribution in [0.25, 0.3) is 0 Å². The molecule has 1 aromatic heterocycles. The number of aromatic nitrogens is 3. The van der Waals surface area contributed by atoms with Crippen molar-refractivity contribution in [3.63, 3.8) is 0 Å². The minimum Gasteiger partial charge on any atom is -0.352 e. The first-order chi connectivity index (χ1) is 8.99. The molecule has 2 N–H and O–H groups in total. The van der Waals surface area contributed by atoms with Crippen molar-refractivity contribution in [3.8, 4) is 0 Å². The molecule has 19 heavy (non-hydrogen) atoms. The van der Waals surface area contributed by atoms with E-state index in [9.17, 15) is 9.59 Å².